The quantitative estimate of drug-likeness (QED) is 0.183. The van der Waals surface area contributed by atoms with E-state index in [1.165, 1.54) is 63.2 Å². The first kappa shape index (κ1) is 29.0. The molecule has 0 aliphatic rings. The minimum Gasteiger partial charge on any atom is -0.425 e. The summed E-state index contributed by atoms with van der Waals surface area (Å²) in [6.07, 6.45) is 2.39. The summed E-state index contributed by atoms with van der Waals surface area (Å²) in [6.45, 7) is 15.0. The predicted octanol–water partition coefficient (Wildman–Crippen LogP) is 4.29. The second-order valence-corrected chi connectivity index (χ2v) is 7.79. The molecule has 0 fully saturated rings. The summed E-state index contributed by atoms with van der Waals surface area (Å²) in [5.74, 6) is -3.48. The van der Waals surface area contributed by atoms with Crippen LogP contribution in [0.15, 0.2) is 78.9 Å². The van der Waals surface area contributed by atoms with E-state index in [0.717, 1.165) is 6.08 Å². The van der Waals surface area contributed by atoms with Gasteiger partial charge in [0.05, 0.1) is 0 Å². The van der Waals surface area contributed by atoms with E-state index in [9.17, 15) is 24.0 Å². The summed E-state index contributed by atoms with van der Waals surface area (Å²) in [6, 6.07) is 8.01. The lowest BCUT2D eigenvalue weighted by atomic mass is 10.2. The van der Waals surface area contributed by atoms with Crippen LogP contribution in [0.1, 0.15) is 26.3 Å². The molecule has 0 aliphatic heterocycles. The van der Waals surface area contributed by atoms with Crippen LogP contribution in [-0.4, -0.2) is 30.3 Å². The molecule has 0 amide bonds. The largest absolute Gasteiger partial charge is 0.425 e. The summed E-state index contributed by atoms with van der Waals surface area (Å²) in [5.41, 5.74) is 0.765. The minimum atomic E-state index is -0.861. The molecule has 0 N–H and O–H groups in total. The van der Waals surface area contributed by atoms with Crippen molar-refractivity contribution in [2.45, 2.75) is 20.8 Å². The van der Waals surface area contributed by atoms with Gasteiger partial charge in [0.15, 0.2) is 23.0 Å². The average Bonchev–Trinajstić information content (AvgIpc) is 2.85. The van der Waals surface area contributed by atoms with E-state index in [-0.39, 0.29) is 51.9 Å². The zero-order chi connectivity index (χ0) is 28.4. The van der Waals surface area contributed by atoms with E-state index in [1.807, 2.05) is 0 Å². The van der Waals surface area contributed by atoms with E-state index >= 15 is 0 Å². The van der Waals surface area contributed by atoms with Gasteiger partial charge < -0.3 is 23.7 Å². The highest BCUT2D eigenvalue weighted by molar-refractivity contribution is 5.92. The van der Waals surface area contributed by atoms with Crippen molar-refractivity contribution in [2.24, 2.45) is 0 Å². The monoisotopic (exact) mass is 520 g/mol. The van der Waals surface area contributed by atoms with E-state index in [4.69, 9.17) is 23.7 Å². The van der Waals surface area contributed by atoms with Crippen LogP contribution in [0.4, 0.5) is 0 Å². The zero-order valence-electron chi connectivity index (χ0n) is 20.9. The molecule has 0 heterocycles. The summed E-state index contributed by atoms with van der Waals surface area (Å²) >= 11 is 0. The molecule has 0 spiro atoms. The Hall–Kier alpha value is -5.25. The van der Waals surface area contributed by atoms with Crippen LogP contribution in [-0.2, 0) is 24.0 Å². The molecular weight excluding hydrogens is 496 g/mol. The number of benzene rings is 2. The van der Waals surface area contributed by atoms with Gasteiger partial charge in [-0.2, -0.15) is 0 Å². The van der Waals surface area contributed by atoms with Crippen molar-refractivity contribution in [2.75, 3.05) is 0 Å². The van der Waals surface area contributed by atoms with Crippen molar-refractivity contribution in [3.8, 4) is 28.7 Å². The molecule has 0 unspecified atom stereocenters. The van der Waals surface area contributed by atoms with E-state index < -0.39 is 23.9 Å². The number of hydrogen-bond donors (Lipinski definition) is 0. The van der Waals surface area contributed by atoms with Gasteiger partial charge in [-0.05, 0) is 56.7 Å². The van der Waals surface area contributed by atoms with Crippen molar-refractivity contribution in [1.82, 2.24) is 0 Å². The molecule has 0 radical (unpaired) electrons. The normalized spacial score (nSPS) is 10.2. The maximum Gasteiger partial charge on any atom is 0.338 e. The molecule has 2 aromatic carbocycles. The molecule has 10 heteroatoms. The summed E-state index contributed by atoms with van der Waals surface area (Å²) < 4.78 is 25.6. The molecule has 0 aliphatic carbocycles. The van der Waals surface area contributed by atoms with E-state index in [1.54, 1.807) is 0 Å². The van der Waals surface area contributed by atoms with Crippen LogP contribution >= 0.6 is 0 Å². The van der Waals surface area contributed by atoms with Gasteiger partial charge in [-0.3, -0.25) is 4.79 Å². The molecule has 0 bridgehead atoms. The van der Waals surface area contributed by atoms with Gasteiger partial charge in [-0.1, -0.05) is 25.8 Å². The maximum atomic E-state index is 12.5. The first-order chi connectivity index (χ1) is 17.9. The number of hydrogen-bond acceptors (Lipinski definition) is 10. The third-order valence-electron chi connectivity index (χ3n) is 4.34. The van der Waals surface area contributed by atoms with Gasteiger partial charge in [0.1, 0.15) is 5.75 Å². The van der Waals surface area contributed by atoms with Crippen LogP contribution in [0.25, 0.3) is 6.08 Å². The lowest BCUT2D eigenvalue weighted by Gasteiger charge is -2.12. The van der Waals surface area contributed by atoms with Gasteiger partial charge in [-0.25, -0.2) is 19.2 Å². The van der Waals surface area contributed by atoms with Crippen LogP contribution < -0.4 is 23.7 Å². The second kappa shape index (κ2) is 13.2. The molecule has 0 atom stereocenters. The van der Waals surface area contributed by atoms with Crippen LogP contribution in [0.5, 0.6) is 28.7 Å². The molecule has 0 saturated heterocycles. The Morgan fingerprint density at radius 1 is 0.658 bits per heavy atom. The number of rotatable bonds is 11. The Bertz CT molecular complexity index is 1360. The summed E-state index contributed by atoms with van der Waals surface area (Å²) in [7, 11) is 0. The van der Waals surface area contributed by atoms with E-state index in [0.29, 0.717) is 5.56 Å². The fourth-order valence-corrected chi connectivity index (χ4v) is 2.45. The zero-order valence-corrected chi connectivity index (χ0v) is 20.9. The average molecular weight is 520 g/mol. The summed E-state index contributed by atoms with van der Waals surface area (Å²) in [4.78, 5) is 59.0. The maximum absolute atomic E-state index is 12.5. The first-order valence-corrected chi connectivity index (χ1v) is 10.8. The standard InChI is InChI=1S/C28H24O10/c1-16(2)26(31)35-20-9-11-22(24(14-20)38-28(33)18(5)6)36-25(30)12-8-19-7-10-21(23(13-19)34-15-29)37-27(32)17(3)4/h7-15H,1,3,5H2,2,4,6H3/b12-8+. The Kier molecular flexibility index (Phi) is 10.0. The molecule has 38 heavy (non-hydrogen) atoms. The van der Waals surface area contributed by atoms with E-state index in [2.05, 4.69) is 19.7 Å². The molecule has 2 aromatic rings. The lowest BCUT2D eigenvalue weighted by Crippen LogP contribution is -2.12. The number of carbonyl (C=O) groups is 5. The first-order valence-electron chi connectivity index (χ1n) is 10.8. The van der Waals surface area contributed by atoms with Crippen molar-refractivity contribution in [3.63, 3.8) is 0 Å². The summed E-state index contributed by atoms with van der Waals surface area (Å²) in [5, 5.41) is 0. The Morgan fingerprint density at radius 3 is 1.76 bits per heavy atom. The highest BCUT2D eigenvalue weighted by Crippen LogP contribution is 2.33. The minimum absolute atomic E-state index is 0.0213. The van der Waals surface area contributed by atoms with Crippen LogP contribution in [0, 0.1) is 0 Å². The van der Waals surface area contributed by atoms with Crippen molar-refractivity contribution in [1.29, 1.82) is 0 Å². The second-order valence-electron chi connectivity index (χ2n) is 7.79. The predicted molar refractivity (Wildman–Crippen MR) is 136 cm³/mol. The number of esters is 4. The number of carbonyl (C=O) groups excluding carboxylic acids is 5. The highest BCUT2D eigenvalue weighted by atomic mass is 16.6. The van der Waals surface area contributed by atoms with Gasteiger partial charge in [0, 0.05) is 28.9 Å². The Balaban J connectivity index is 2.26. The fourth-order valence-electron chi connectivity index (χ4n) is 2.45. The van der Waals surface area contributed by atoms with Gasteiger partial charge in [-0.15, -0.1) is 0 Å². The fraction of sp³-hybridized carbons (Fsp3) is 0.107. The molecule has 0 aromatic heterocycles. The van der Waals surface area contributed by atoms with Crippen molar-refractivity contribution < 1.29 is 47.7 Å². The molecule has 10 nitrogen and oxygen atoms in total. The molecular formula is C28H24O10. The smallest absolute Gasteiger partial charge is 0.338 e. The third-order valence-corrected chi connectivity index (χ3v) is 4.34. The SMILES string of the molecule is C=C(C)C(=O)Oc1ccc(OC(=O)/C=C/c2ccc(OC(=O)C(=C)C)c(OC=O)c2)c(OC(=O)C(=C)C)c1. The van der Waals surface area contributed by atoms with Crippen LogP contribution in [0.3, 0.4) is 0 Å². The van der Waals surface area contributed by atoms with Gasteiger partial charge in [0.2, 0.25) is 0 Å². The van der Waals surface area contributed by atoms with Gasteiger partial charge >= 0.3 is 23.9 Å². The third kappa shape index (κ3) is 8.45. The molecule has 0 saturated carbocycles. The van der Waals surface area contributed by atoms with Gasteiger partial charge in [0.25, 0.3) is 6.47 Å². The van der Waals surface area contributed by atoms with Crippen molar-refractivity contribution >= 4 is 36.4 Å². The topological polar surface area (TPSA) is 132 Å². The lowest BCUT2D eigenvalue weighted by molar-refractivity contribution is -0.132. The highest BCUT2D eigenvalue weighted by Gasteiger charge is 2.17. The number of ether oxygens (including phenoxy) is 5. The molecule has 196 valence electrons. The Morgan fingerprint density at radius 2 is 1.18 bits per heavy atom. The van der Waals surface area contributed by atoms with Crippen molar-refractivity contribution in [3.05, 3.63) is 84.5 Å². The van der Waals surface area contributed by atoms with Crippen LogP contribution in [0.2, 0.25) is 0 Å². The Labute approximate surface area is 218 Å². The molecule has 2 rings (SSSR count).